The Bertz CT molecular complexity index is 1420. The van der Waals surface area contributed by atoms with Gasteiger partial charge in [-0.25, -0.2) is 0 Å². The number of rotatable bonds is 10. The molecule has 1 heterocycles. The molecule has 37 heavy (non-hydrogen) atoms. The van der Waals surface area contributed by atoms with Crippen molar-refractivity contribution in [3.63, 3.8) is 0 Å². The SMILES string of the molecule is COc1ccc(OCCOc2cccc(C=C(C#N)C(=O)Nc3nnc(-c4ccc(C)cc4)s3)c2)cc1. The molecule has 0 unspecified atom stereocenters. The molecule has 186 valence electrons. The van der Waals surface area contributed by atoms with E-state index in [1.807, 2.05) is 61.5 Å². The number of carbonyl (C=O) groups excluding carboxylic acids is 1. The van der Waals surface area contributed by atoms with Crippen molar-refractivity contribution in [2.24, 2.45) is 0 Å². The van der Waals surface area contributed by atoms with Crippen molar-refractivity contribution in [3.05, 3.63) is 89.5 Å². The highest BCUT2D eigenvalue weighted by Gasteiger charge is 2.14. The number of nitrogens with one attached hydrogen (secondary N) is 1. The number of aryl methyl sites for hydroxylation is 1. The maximum atomic E-state index is 12.7. The van der Waals surface area contributed by atoms with Crippen molar-refractivity contribution in [2.75, 3.05) is 25.6 Å². The van der Waals surface area contributed by atoms with E-state index in [1.54, 1.807) is 31.4 Å². The van der Waals surface area contributed by atoms with Crippen molar-refractivity contribution in [3.8, 4) is 33.9 Å². The van der Waals surface area contributed by atoms with Gasteiger partial charge in [-0.3, -0.25) is 10.1 Å². The minimum absolute atomic E-state index is 0.0629. The highest BCUT2D eigenvalue weighted by atomic mass is 32.1. The number of anilines is 1. The third-order valence-corrected chi connectivity index (χ3v) is 6.05. The molecule has 0 bridgehead atoms. The molecule has 0 saturated carbocycles. The summed E-state index contributed by atoms with van der Waals surface area (Å²) in [6, 6.07) is 24.2. The van der Waals surface area contributed by atoms with Crippen LogP contribution in [0.3, 0.4) is 0 Å². The summed E-state index contributed by atoms with van der Waals surface area (Å²) in [5, 5.41) is 21.4. The molecule has 0 aliphatic rings. The first-order valence-electron chi connectivity index (χ1n) is 11.4. The Balaban J connectivity index is 1.33. The molecule has 0 atom stereocenters. The quantitative estimate of drug-likeness (QED) is 0.169. The van der Waals surface area contributed by atoms with Gasteiger partial charge in [0.2, 0.25) is 5.13 Å². The maximum Gasteiger partial charge on any atom is 0.268 e. The van der Waals surface area contributed by atoms with Gasteiger partial charge in [-0.1, -0.05) is 53.3 Å². The zero-order valence-corrected chi connectivity index (χ0v) is 21.1. The van der Waals surface area contributed by atoms with Crippen molar-refractivity contribution >= 4 is 28.5 Å². The van der Waals surface area contributed by atoms with Gasteiger partial charge in [0, 0.05) is 5.56 Å². The van der Waals surface area contributed by atoms with E-state index >= 15 is 0 Å². The normalized spacial score (nSPS) is 10.9. The Labute approximate surface area is 218 Å². The first-order valence-corrected chi connectivity index (χ1v) is 12.2. The second kappa shape index (κ2) is 12.3. The molecule has 4 aromatic rings. The van der Waals surface area contributed by atoms with Gasteiger partial charge in [-0.2, -0.15) is 5.26 Å². The Morgan fingerprint density at radius 2 is 1.68 bits per heavy atom. The van der Waals surface area contributed by atoms with E-state index in [-0.39, 0.29) is 5.57 Å². The van der Waals surface area contributed by atoms with E-state index in [1.165, 1.54) is 17.4 Å². The Morgan fingerprint density at radius 1 is 0.973 bits per heavy atom. The number of hydrogen-bond acceptors (Lipinski definition) is 8. The van der Waals surface area contributed by atoms with Gasteiger partial charge in [-0.15, -0.1) is 10.2 Å². The van der Waals surface area contributed by atoms with E-state index in [0.717, 1.165) is 16.9 Å². The average Bonchev–Trinajstić information content (AvgIpc) is 3.39. The summed E-state index contributed by atoms with van der Waals surface area (Å²) in [5.74, 6) is 1.51. The fourth-order valence-electron chi connectivity index (χ4n) is 3.25. The summed E-state index contributed by atoms with van der Waals surface area (Å²) in [5.41, 5.74) is 2.64. The lowest BCUT2D eigenvalue weighted by atomic mass is 10.1. The number of nitrogens with zero attached hydrogens (tertiary/aromatic N) is 3. The zero-order chi connectivity index (χ0) is 26.0. The first-order chi connectivity index (χ1) is 18.0. The summed E-state index contributed by atoms with van der Waals surface area (Å²) in [7, 11) is 1.61. The van der Waals surface area contributed by atoms with Gasteiger partial charge in [0.1, 0.15) is 47.1 Å². The van der Waals surface area contributed by atoms with E-state index in [9.17, 15) is 10.1 Å². The lowest BCUT2D eigenvalue weighted by Gasteiger charge is -2.09. The molecule has 0 radical (unpaired) electrons. The predicted molar refractivity (Wildman–Crippen MR) is 143 cm³/mol. The van der Waals surface area contributed by atoms with E-state index in [0.29, 0.717) is 40.4 Å². The third-order valence-electron chi connectivity index (χ3n) is 5.16. The van der Waals surface area contributed by atoms with Gasteiger partial charge in [0.15, 0.2) is 0 Å². The maximum absolute atomic E-state index is 12.7. The molecular formula is C28H24N4O4S. The second-order valence-electron chi connectivity index (χ2n) is 7.85. The first kappa shape index (κ1) is 25.4. The summed E-state index contributed by atoms with van der Waals surface area (Å²) >= 11 is 1.24. The molecular weight excluding hydrogens is 488 g/mol. The fraction of sp³-hybridized carbons (Fsp3) is 0.143. The lowest BCUT2D eigenvalue weighted by Crippen LogP contribution is -2.13. The number of carbonyl (C=O) groups is 1. The minimum Gasteiger partial charge on any atom is -0.497 e. The van der Waals surface area contributed by atoms with Crippen molar-refractivity contribution in [1.82, 2.24) is 10.2 Å². The average molecular weight is 513 g/mol. The third kappa shape index (κ3) is 7.16. The van der Waals surface area contributed by atoms with Crippen LogP contribution in [0.2, 0.25) is 0 Å². The van der Waals surface area contributed by atoms with Crippen LogP contribution in [0, 0.1) is 18.3 Å². The van der Waals surface area contributed by atoms with Crippen molar-refractivity contribution in [1.29, 1.82) is 5.26 Å². The van der Waals surface area contributed by atoms with Crippen LogP contribution in [0.1, 0.15) is 11.1 Å². The number of amides is 1. The minimum atomic E-state index is -0.562. The topological polar surface area (TPSA) is 106 Å². The molecule has 9 heteroatoms. The summed E-state index contributed by atoms with van der Waals surface area (Å²) in [6.07, 6.45) is 1.50. The van der Waals surface area contributed by atoms with Crippen molar-refractivity contribution < 1.29 is 19.0 Å². The van der Waals surface area contributed by atoms with Gasteiger partial charge in [0.05, 0.1) is 7.11 Å². The van der Waals surface area contributed by atoms with Crippen LogP contribution < -0.4 is 19.5 Å². The van der Waals surface area contributed by atoms with Crippen molar-refractivity contribution in [2.45, 2.75) is 6.92 Å². The summed E-state index contributed by atoms with van der Waals surface area (Å²) in [4.78, 5) is 12.7. The Kier molecular flexibility index (Phi) is 8.47. The van der Waals surface area contributed by atoms with Crippen LogP contribution in [0.15, 0.2) is 78.4 Å². The molecule has 1 N–H and O–H groups in total. The van der Waals surface area contributed by atoms with Gasteiger partial charge in [-0.05, 0) is 55.0 Å². The van der Waals surface area contributed by atoms with Crippen LogP contribution in [0.25, 0.3) is 16.6 Å². The molecule has 1 aromatic heterocycles. The van der Waals surface area contributed by atoms with E-state index in [4.69, 9.17) is 14.2 Å². The predicted octanol–water partition coefficient (Wildman–Crippen LogP) is 5.53. The molecule has 0 saturated heterocycles. The lowest BCUT2D eigenvalue weighted by molar-refractivity contribution is -0.112. The molecule has 8 nitrogen and oxygen atoms in total. The van der Waals surface area contributed by atoms with Crippen LogP contribution in [-0.4, -0.2) is 36.4 Å². The van der Waals surface area contributed by atoms with Crippen LogP contribution in [0.5, 0.6) is 17.2 Å². The van der Waals surface area contributed by atoms with Crippen LogP contribution in [0.4, 0.5) is 5.13 Å². The Hall–Kier alpha value is -4.68. The standard InChI is InChI=1S/C28H24N4O4S/c1-19-6-8-21(9-7-19)27-31-32-28(37-27)30-26(33)22(18-29)16-20-4-3-5-25(17-20)36-15-14-35-24-12-10-23(34-2)11-13-24/h3-13,16-17H,14-15H2,1-2H3,(H,30,32,33). The number of benzene rings is 3. The number of aromatic nitrogens is 2. The largest absolute Gasteiger partial charge is 0.497 e. The van der Waals surface area contributed by atoms with Gasteiger partial charge in [0.25, 0.3) is 5.91 Å². The number of methoxy groups -OCH3 is 1. The smallest absolute Gasteiger partial charge is 0.268 e. The molecule has 0 fully saturated rings. The number of ether oxygens (including phenoxy) is 3. The zero-order valence-electron chi connectivity index (χ0n) is 20.3. The van der Waals surface area contributed by atoms with E-state index in [2.05, 4.69) is 15.5 Å². The number of hydrogen-bond donors (Lipinski definition) is 1. The molecule has 0 aliphatic heterocycles. The highest BCUT2D eigenvalue weighted by molar-refractivity contribution is 7.18. The molecule has 0 aliphatic carbocycles. The summed E-state index contributed by atoms with van der Waals surface area (Å²) < 4.78 is 16.6. The van der Waals surface area contributed by atoms with E-state index < -0.39 is 5.91 Å². The Morgan fingerprint density at radius 3 is 2.38 bits per heavy atom. The monoisotopic (exact) mass is 512 g/mol. The van der Waals surface area contributed by atoms with Crippen LogP contribution >= 0.6 is 11.3 Å². The molecule has 1 amide bonds. The van der Waals surface area contributed by atoms with Crippen LogP contribution in [-0.2, 0) is 4.79 Å². The van der Waals surface area contributed by atoms with Gasteiger partial charge >= 0.3 is 0 Å². The number of nitriles is 1. The molecule has 0 spiro atoms. The fourth-order valence-corrected chi connectivity index (χ4v) is 4.00. The summed E-state index contributed by atoms with van der Waals surface area (Å²) in [6.45, 7) is 2.68. The second-order valence-corrected chi connectivity index (χ2v) is 8.82. The van der Waals surface area contributed by atoms with Gasteiger partial charge < -0.3 is 14.2 Å². The molecule has 3 aromatic carbocycles. The molecule has 4 rings (SSSR count). The highest BCUT2D eigenvalue weighted by Crippen LogP contribution is 2.27.